The van der Waals surface area contributed by atoms with Crippen LogP contribution in [0.4, 0.5) is 5.69 Å². The molecule has 2 rings (SSSR count). The van der Waals surface area contributed by atoms with E-state index in [0.29, 0.717) is 10.9 Å². The normalized spacial score (nSPS) is 10.7. The molecule has 1 aromatic carbocycles. The molecule has 0 bridgehead atoms. The number of nitrogen functional groups attached to an aromatic ring is 1. The number of aromatic nitrogens is 1. The molecule has 0 unspecified atom stereocenters. The number of carbonyl (C=O) groups excluding carboxylic acids is 1. The fraction of sp³-hybridized carbons (Fsp3) is 0.231. The van der Waals surface area contributed by atoms with Crippen molar-refractivity contribution >= 4 is 38.5 Å². The Balaban J connectivity index is 2.89. The van der Waals surface area contributed by atoms with Crippen molar-refractivity contribution in [1.82, 2.24) is 4.57 Å². The molecule has 0 saturated heterocycles. The average Bonchev–Trinajstić information content (AvgIpc) is 2.36. The van der Waals surface area contributed by atoms with E-state index in [2.05, 4.69) is 15.9 Å². The zero-order valence-electron chi connectivity index (χ0n) is 10.6. The molecule has 6 heteroatoms. The van der Waals surface area contributed by atoms with Crippen LogP contribution in [0.3, 0.4) is 0 Å². The Morgan fingerprint density at radius 1 is 1.47 bits per heavy atom. The SMILES string of the molecule is CCOC(=O)c1c(N)c2cccc(Br)c2n(C)c1=O. The molecule has 2 aromatic rings. The summed E-state index contributed by atoms with van der Waals surface area (Å²) in [6.07, 6.45) is 0. The Morgan fingerprint density at radius 2 is 2.16 bits per heavy atom. The first-order valence-corrected chi connectivity index (χ1v) is 6.52. The van der Waals surface area contributed by atoms with E-state index in [9.17, 15) is 9.59 Å². The largest absolute Gasteiger partial charge is 0.462 e. The lowest BCUT2D eigenvalue weighted by Gasteiger charge is -2.13. The molecule has 5 nitrogen and oxygen atoms in total. The van der Waals surface area contributed by atoms with Crippen LogP contribution in [0.2, 0.25) is 0 Å². The van der Waals surface area contributed by atoms with Gasteiger partial charge in [0.05, 0.1) is 17.8 Å². The van der Waals surface area contributed by atoms with Gasteiger partial charge in [-0.2, -0.15) is 0 Å². The number of anilines is 1. The maximum Gasteiger partial charge on any atom is 0.345 e. The smallest absolute Gasteiger partial charge is 0.345 e. The van der Waals surface area contributed by atoms with Crippen LogP contribution in [-0.2, 0) is 11.8 Å². The lowest BCUT2D eigenvalue weighted by atomic mass is 10.1. The Morgan fingerprint density at radius 3 is 2.79 bits per heavy atom. The van der Waals surface area contributed by atoms with Crippen molar-refractivity contribution in [2.45, 2.75) is 6.92 Å². The van der Waals surface area contributed by atoms with E-state index in [1.807, 2.05) is 6.07 Å². The fourth-order valence-electron chi connectivity index (χ4n) is 1.99. The number of aryl methyl sites for hydroxylation is 1. The van der Waals surface area contributed by atoms with Crippen molar-refractivity contribution < 1.29 is 9.53 Å². The maximum absolute atomic E-state index is 12.2. The van der Waals surface area contributed by atoms with E-state index in [1.54, 1.807) is 26.1 Å². The van der Waals surface area contributed by atoms with Gasteiger partial charge in [0.15, 0.2) is 0 Å². The van der Waals surface area contributed by atoms with Gasteiger partial charge in [0.2, 0.25) is 0 Å². The fourth-order valence-corrected chi connectivity index (χ4v) is 2.63. The zero-order valence-corrected chi connectivity index (χ0v) is 12.2. The summed E-state index contributed by atoms with van der Waals surface area (Å²) >= 11 is 3.38. The summed E-state index contributed by atoms with van der Waals surface area (Å²) in [5.74, 6) is -0.692. The number of benzene rings is 1. The number of ether oxygens (including phenoxy) is 1. The molecule has 0 aliphatic rings. The van der Waals surface area contributed by atoms with E-state index >= 15 is 0 Å². The first-order valence-electron chi connectivity index (χ1n) is 5.72. The molecule has 0 radical (unpaired) electrons. The van der Waals surface area contributed by atoms with E-state index in [1.165, 1.54) is 4.57 Å². The van der Waals surface area contributed by atoms with Gasteiger partial charge >= 0.3 is 5.97 Å². The zero-order chi connectivity index (χ0) is 14.2. The van der Waals surface area contributed by atoms with Crippen LogP contribution in [-0.4, -0.2) is 17.1 Å². The first kappa shape index (κ1) is 13.6. The molecular weight excluding hydrogens is 312 g/mol. The quantitative estimate of drug-likeness (QED) is 0.858. The van der Waals surface area contributed by atoms with E-state index in [0.717, 1.165) is 4.47 Å². The third-order valence-corrected chi connectivity index (χ3v) is 3.52. The highest BCUT2D eigenvalue weighted by atomic mass is 79.9. The second kappa shape index (κ2) is 5.05. The third kappa shape index (κ3) is 2.12. The summed E-state index contributed by atoms with van der Waals surface area (Å²) in [7, 11) is 1.59. The van der Waals surface area contributed by atoms with Crippen LogP contribution >= 0.6 is 15.9 Å². The lowest BCUT2D eigenvalue weighted by molar-refractivity contribution is 0.0525. The number of pyridine rings is 1. The first-order chi connectivity index (χ1) is 8.99. The lowest BCUT2D eigenvalue weighted by Crippen LogP contribution is -2.28. The van der Waals surface area contributed by atoms with Crippen LogP contribution in [0.25, 0.3) is 10.9 Å². The molecule has 19 heavy (non-hydrogen) atoms. The molecule has 1 aromatic heterocycles. The topological polar surface area (TPSA) is 74.3 Å². The Hall–Kier alpha value is -1.82. The minimum absolute atomic E-state index is 0.116. The minimum atomic E-state index is -0.692. The van der Waals surface area contributed by atoms with Crippen molar-refractivity contribution in [3.63, 3.8) is 0 Å². The second-order valence-corrected chi connectivity index (χ2v) is 4.86. The molecule has 2 N–H and O–H groups in total. The highest BCUT2D eigenvalue weighted by Gasteiger charge is 2.21. The second-order valence-electron chi connectivity index (χ2n) is 4.01. The summed E-state index contributed by atoms with van der Waals surface area (Å²) in [4.78, 5) is 24.1. The molecule has 0 amide bonds. The van der Waals surface area contributed by atoms with Crippen LogP contribution in [0, 0.1) is 0 Å². The van der Waals surface area contributed by atoms with Crippen LogP contribution < -0.4 is 11.3 Å². The van der Waals surface area contributed by atoms with Crippen molar-refractivity contribution in [3.05, 3.63) is 38.6 Å². The van der Waals surface area contributed by atoms with E-state index < -0.39 is 11.5 Å². The van der Waals surface area contributed by atoms with Crippen molar-refractivity contribution in [1.29, 1.82) is 0 Å². The number of nitrogens with two attached hydrogens (primary N) is 1. The highest BCUT2D eigenvalue weighted by Crippen LogP contribution is 2.28. The van der Waals surface area contributed by atoms with Crippen molar-refractivity contribution in [3.8, 4) is 0 Å². The van der Waals surface area contributed by atoms with E-state index in [-0.39, 0.29) is 17.9 Å². The number of carbonyl (C=O) groups is 1. The summed E-state index contributed by atoms with van der Waals surface area (Å²) < 4.78 is 7.01. The molecule has 0 aliphatic carbocycles. The standard InChI is InChI=1S/C13H13BrN2O3/c1-3-19-13(18)9-10(15)7-5-4-6-8(14)11(7)16(2)12(9)17/h4-6H,3,15H2,1-2H3. The van der Waals surface area contributed by atoms with Gasteiger partial charge in [0, 0.05) is 16.9 Å². The van der Waals surface area contributed by atoms with Gasteiger partial charge in [-0.25, -0.2) is 4.79 Å². The summed E-state index contributed by atoms with van der Waals surface area (Å²) in [5.41, 5.74) is 6.18. The molecule has 0 atom stereocenters. The molecule has 0 spiro atoms. The molecule has 0 saturated carbocycles. The number of para-hydroxylation sites is 1. The predicted octanol–water partition coefficient (Wildman–Crippen LogP) is 2.06. The Kier molecular flexibility index (Phi) is 3.61. The Labute approximate surface area is 118 Å². The van der Waals surface area contributed by atoms with Gasteiger partial charge in [-0.05, 0) is 28.9 Å². The summed E-state index contributed by atoms with van der Waals surface area (Å²) in [5, 5.41) is 0.638. The van der Waals surface area contributed by atoms with Gasteiger partial charge < -0.3 is 15.0 Å². The Bertz CT molecular complexity index is 722. The number of fused-ring (bicyclic) bond motifs is 1. The molecule has 1 heterocycles. The van der Waals surface area contributed by atoms with Crippen molar-refractivity contribution in [2.24, 2.45) is 7.05 Å². The predicted molar refractivity (Wildman–Crippen MR) is 77.3 cm³/mol. The van der Waals surface area contributed by atoms with Crippen molar-refractivity contribution in [2.75, 3.05) is 12.3 Å². The van der Waals surface area contributed by atoms with Gasteiger partial charge in [0.25, 0.3) is 5.56 Å². The van der Waals surface area contributed by atoms with E-state index in [4.69, 9.17) is 10.5 Å². The van der Waals surface area contributed by atoms with Crippen LogP contribution in [0.1, 0.15) is 17.3 Å². The maximum atomic E-state index is 12.2. The molecule has 100 valence electrons. The highest BCUT2D eigenvalue weighted by molar-refractivity contribution is 9.10. The number of hydrogen-bond donors (Lipinski definition) is 1. The van der Waals surface area contributed by atoms with Gasteiger partial charge in [-0.15, -0.1) is 0 Å². The van der Waals surface area contributed by atoms with Gasteiger partial charge in [0.1, 0.15) is 5.56 Å². The third-order valence-electron chi connectivity index (χ3n) is 2.88. The monoisotopic (exact) mass is 324 g/mol. The summed E-state index contributed by atoms with van der Waals surface area (Å²) in [6.45, 7) is 1.87. The number of rotatable bonds is 2. The number of halogens is 1. The van der Waals surface area contributed by atoms with Gasteiger partial charge in [-0.1, -0.05) is 12.1 Å². The minimum Gasteiger partial charge on any atom is -0.462 e. The van der Waals surface area contributed by atoms with Crippen LogP contribution in [0.15, 0.2) is 27.5 Å². The number of esters is 1. The number of hydrogen-bond acceptors (Lipinski definition) is 4. The molecule has 0 aliphatic heterocycles. The molecule has 0 fully saturated rings. The average molecular weight is 325 g/mol. The van der Waals surface area contributed by atoms with Crippen LogP contribution in [0.5, 0.6) is 0 Å². The number of nitrogens with zero attached hydrogens (tertiary/aromatic N) is 1. The molecular formula is C13H13BrN2O3. The van der Waals surface area contributed by atoms with Gasteiger partial charge in [-0.3, -0.25) is 4.79 Å². The summed E-state index contributed by atoms with van der Waals surface area (Å²) in [6, 6.07) is 5.37.